The molecule has 4 nitrogen and oxygen atoms in total. The summed E-state index contributed by atoms with van der Waals surface area (Å²) in [7, 11) is 0. The smallest absolute Gasteiger partial charge is 0.251 e. The number of nitrogens with one attached hydrogen (secondary N) is 1. The Bertz CT molecular complexity index is 543. The van der Waals surface area contributed by atoms with Crippen LogP contribution in [0.15, 0.2) is 24.3 Å². The van der Waals surface area contributed by atoms with Crippen molar-refractivity contribution in [3.8, 4) is 0 Å². The second kappa shape index (κ2) is 9.35. The zero-order valence-electron chi connectivity index (χ0n) is 16.1. The van der Waals surface area contributed by atoms with Crippen LogP contribution in [0.4, 0.5) is 0 Å². The van der Waals surface area contributed by atoms with Crippen molar-refractivity contribution in [2.24, 2.45) is 5.92 Å². The van der Waals surface area contributed by atoms with Gasteiger partial charge in [0, 0.05) is 12.1 Å². The van der Waals surface area contributed by atoms with Gasteiger partial charge in [-0.15, -0.1) is 0 Å². The summed E-state index contributed by atoms with van der Waals surface area (Å²) in [5, 5.41) is 12.9. The second-order valence-corrected chi connectivity index (χ2v) is 7.94. The van der Waals surface area contributed by atoms with Crippen molar-refractivity contribution in [3.05, 3.63) is 35.4 Å². The number of likely N-dealkylation sites (tertiary alicyclic amines) is 1. The van der Waals surface area contributed by atoms with Crippen LogP contribution in [0.25, 0.3) is 0 Å². The van der Waals surface area contributed by atoms with E-state index in [1.165, 1.54) is 25.9 Å². The lowest BCUT2D eigenvalue weighted by molar-refractivity contribution is 0.0714. The van der Waals surface area contributed by atoms with E-state index in [1.54, 1.807) is 0 Å². The zero-order chi connectivity index (χ0) is 18.3. The Balaban J connectivity index is 1.75. The summed E-state index contributed by atoms with van der Waals surface area (Å²) < 4.78 is 0. The van der Waals surface area contributed by atoms with Gasteiger partial charge in [0.15, 0.2) is 0 Å². The maximum absolute atomic E-state index is 12.4. The van der Waals surface area contributed by atoms with Gasteiger partial charge in [-0.3, -0.25) is 4.79 Å². The highest BCUT2D eigenvalue weighted by Crippen LogP contribution is 2.19. The predicted molar refractivity (Wildman–Crippen MR) is 103 cm³/mol. The minimum atomic E-state index is -0.675. The van der Waals surface area contributed by atoms with E-state index < -0.39 is 5.60 Å². The minimum Gasteiger partial charge on any atom is -0.390 e. The van der Waals surface area contributed by atoms with E-state index in [1.807, 2.05) is 38.1 Å². The summed E-state index contributed by atoms with van der Waals surface area (Å²) in [6.07, 6.45) is 5.03. The molecule has 0 saturated carbocycles. The third-order valence-electron chi connectivity index (χ3n) is 5.21. The number of carbonyl (C=O) groups is 1. The number of aryl methyl sites for hydroxylation is 1. The van der Waals surface area contributed by atoms with Crippen LogP contribution in [0.2, 0.25) is 0 Å². The minimum absolute atomic E-state index is 0.0103. The van der Waals surface area contributed by atoms with Crippen LogP contribution in [0.1, 0.15) is 62.4 Å². The number of amides is 1. The van der Waals surface area contributed by atoms with Gasteiger partial charge in [-0.05, 0) is 89.2 Å². The van der Waals surface area contributed by atoms with Crippen molar-refractivity contribution in [1.82, 2.24) is 10.2 Å². The Kier molecular flexibility index (Phi) is 7.45. The first-order valence-corrected chi connectivity index (χ1v) is 9.69. The average Bonchev–Trinajstić information content (AvgIpc) is 2.60. The molecule has 1 saturated heterocycles. The molecule has 25 heavy (non-hydrogen) atoms. The molecule has 2 N–H and O–H groups in total. The molecule has 0 spiro atoms. The SMILES string of the molecule is CCN1CCC(CCNC(=O)c2cccc(CCC(C)(C)O)c2)CC1. The summed E-state index contributed by atoms with van der Waals surface area (Å²) in [4.78, 5) is 14.9. The summed E-state index contributed by atoms with van der Waals surface area (Å²) >= 11 is 0. The van der Waals surface area contributed by atoms with Crippen LogP contribution in [0, 0.1) is 5.92 Å². The lowest BCUT2D eigenvalue weighted by Gasteiger charge is -2.31. The van der Waals surface area contributed by atoms with Gasteiger partial charge in [-0.2, -0.15) is 0 Å². The van der Waals surface area contributed by atoms with Gasteiger partial charge in [0.25, 0.3) is 5.91 Å². The standard InChI is InChI=1S/C21H34N2O2/c1-4-23-14-10-17(11-15-23)9-13-22-20(24)19-7-5-6-18(16-19)8-12-21(2,3)25/h5-7,16-17,25H,4,8-15H2,1-3H3,(H,22,24). The van der Waals surface area contributed by atoms with Gasteiger partial charge < -0.3 is 15.3 Å². The van der Waals surface area contributed by atoms with Crippen LogP contribution in [0.3, 0.4) is 0 Å². The molecule has 1 heterocycles. The number of nitrogens with zero attached hydrogens (tertiary/aromatic N) is 1. The van der Waals surface area contributed by atoms with Crippen LogP contribution in [-0.2, 0) is 6.42 Å². The normalized spacial score (nSPS) is 16.8. The lowest BCUT2D eigenvalue weighted by atomic mass is 9.93. The van der Waals surface area contributed by atoms with Gasteiger partial charge in [0.1, 0.15) is 0 Å². The van der Waals surface area contributed by atoms with E-state index in [2.05, 4.69) is 17.1 Å². The molecule has 1 amide bonds. The van der Waals surface area contributed by atoms with E-state index in [-0.39, 0.29) is 5.91 Å². The Hall–Kier alpha value is -1.39. The second-order valence-electron chi connectivity index (χ2n) is 7.94. The summed E-state index contributed by atoms with van der Waals surface area (Å²) in [5.41, 5.74) is 1.14. The van der Waals surface area contributed by atoms with Crippen molar-refractivity contribution in [2.45, 2.75) is 58.5 Å². The maximum Gasteiger partial charge on any atom is 0.251 e. The molecule has 140 valence electrons. The van der Waals surface area contributed by atoms with Crippen molar-refractivity contribution in [2.75, 3.05) is 26.2 Å². The summed E-state index contributed by atoms with van der Waals surface area (Å²) in [6, 6.07) is 7.75. The molecule has 1 aliphatic rings. The van der Waals surface area contributed by atoms with Crippen LogP contribution < -0.4 is 5.32 Å². The number of carbonyl (C=O) groups excluding carboxylic acids is 1. The van der Waals surface area contributed by atoms with Gasteiger partial charge in [0.05, 0.1) is 5.60 Å². The molecule has 0 unspecified atom stereocenters. The molecule has 0 aliphatic carbocycles. The molecule has 0 aromatic heterocycles. The fourth-order valence-corrected chi connectivity index (χ4v) is 3.40. The summed E-state index contributed by atoms with van der Waals surface area (Å²) in [5.74, 6) is 0.748. The Morgan fingerprint density at radius 1 is 1.32 bits per heavy atom. The number of hydrogen-bond acceptors (Lipinski definition) is 3. The third kappa shape index (κ3) is 7.17. The summed E-state index contributed by atoms with van der Waals surface area (Å²) in [6.45, 7) is 10.1. The van der Waals surface area contributed by atoms with Crippen molar-refractivity contribution in [3.63, 3.8) is 0 Å². The van der Waals surface area contributed by atoms with Crippen LogP contribution in [0.5, 0.6) is 0 Å². The van der Waals surface area contributed by atoms with E-state index in [0.717, 1.165) is 37.4 Å². The van der Waals surface area contributed by atoms with Crippen LogP contribution >= 0.6 is 0 Å². The fourth-order valence-electron chi connectivity index (χ4n) is 3.40. The number of hydrogen-bond donors (Lipinski definition) is 2. The Labute approximate surface area is 152 Å². The first-order chi connectivity index (χ1) is 11.9. The molecule has 1 aliphatic heterocycles. The molecule has 1 aromatic carbocycles. The molecule has 4 heteroatoms. The van der Waals surface area contributed by atoms with Gasteiger partial charge in [-0.1, -0.05) is 19.1 Å². The first kappa shape index (κ1) is 19.9. The van der Waals surface area contributed by atoms with Gasteiger partial charge >= 0.3 is 0 Å². The topological polar surface area (TPSA) is 52.6 Å². The van der Waals surface area contributed by atoms with Crippen molar-refractivity contribution < 1.29 is 9.90 Å². The molecule has 1 aromatic rings. The highest BCUT2D eigenvalue weighted by atomic mass is 16.3. The third-order valence-corrected chi connectivity index (χ3v) is 5.21. The van der Waals surface area contributed by atoms with E-state index in [4.69, 9.17) is 0 Å². The monoisotopic (exact) mass is 346 g/mol. The number of aliphatic hydroxyl groups is 1. The van der Waals surface area contributed by atoms with E-state index in [0.29, 0.717) is 12.0 Å². The predicted octanol–water partition coefficient (Wildman–Crippen LogP) is 3.24. The molecule has 0 bridgehead atoms. The zero-order valence-corrected chi connectivity index (χ0v) is 16.1. The van der Waals surface area contributed by atoms with Crippen molar-refractivity contribution >= 4 is 5.91 Å². The van der Waals surface area contributed by atoms with Crippen LogP contribution in [-0.4, -0.2) is 47.7 Å². The lowest BCUT2D eigenvalue weighted by Crippen LogP contribution is -2.35. The largest absolute Gasteiger partial charge is 0.390 e. The Morgan fingerprint density at radius 2 is 2.04 bits per heavy atom. The molecule has 1 fully saturated rings. The number of benzene rings is 1. The molecular formula is C21H34N2O2. The van der Waals surface area contributed by atoms with Crippen molar-refractivity contribution in [1.29, 1.82) is 0 Å². The average molecular weight is 347 g/mol. The number of piperidine rings is 1. The van der Waals surface area contributed by atoms with E-state index in [9.17, 15) is 9.90 Å². The molecule has 0 atom stereocenters. The first-order valence-electron chi connectivity index (χ1n) is 9.69. The van der Waals surface area contributed by atoms with Gasteiger partial charge in [-0.25, -0.2) is 0 Å². The molecule has 0 radical (unpaired) electrons. The fraction of sp³-hybridized carbons (Fsp3) is 0.667. The van der Waals surface area contributed by atoms with Gasteiger partial charge in [0.2, 0.25) is 0 Å². The Morgan fingerprint density at radius 3 is 2.68 bits per heavy atom. The highest BCUT2D eigenvalue weighted by molar-refractivity contribution is 5.94. The molecular weight excluding hydrogens is 312 g/mol. The quantitative estimate of drug-likeness (QED) is 0.760. The molecule has 2 rings (SSSR count). The number of rotatable bonds is 8. The highest BCUT2D eigenvalue weighted by Gasteiger charge is 2.18. The van der Waals surface area contributed by atoms with E-state index >= 15 is 0 Å². The maximum atomic E-state index is 12.4.